The van der Waals surface area contributed by atoms with Gasteiger partial charge in [-0.3, -0.25) is 0 Å². The van der Waals surface area contributed by atoms with Crippen LogP contribution in [-0.2, 0) is 19.3 Å². The highest BCUT2D eigenvalue weighted by atomic mass is 15.2. The van der Waals surface area contributed by atoms with Crippen LogP contribution in [0.15, 0.2) is 12.1 Å². The number of unbranched alkanes of at least 4 members (excludes halogenated alkanes) is 1. The molecule has 20 N–H and O–H groups in total. The number of rotatable bonds is 19. The van der Waals surface area contributed by atoms with Crippen molar-refractivity contribution < 1.29 is 0 Å². The predicted octanol–water partition coefficient (Wildman–Crippen LogP) is -0.802. The fraction of sp³-hybridized carbons (Fsp3) is 0.760. The summed E-state index contributed by atoms with van der Waals surface area (Å²) in [6.07, 6.45) is 8.81. The van der Waals surface area contributed by atoms with E-state index in [1.165, 1.54) is 16.7 Å². The lowest BCUT2D eigenvalue weighted by Crippen LogP contribution is -2.59. The van der Waals surface area contributed by atoms with E-state index in [1.807, 2.05) is 0 Å². The molecule has 0 spiro atoms. The van der Waals surface area contributed by atoms with E-state index in [0.717, 1.165) is 57.1 Å². The van der Waals surface area contributed by atoms with Gasteiger partial charge in [-0.15, -0.1) is 0 Å². The van der Waals surface area contributed by atoms with Crippen LogP contribution in [0.2, 0.25) is 0 Å². The number of hydrogen-bond donors (Lipinski definition) is 10. The third-order valence-corrected chi connectivity index (χ3v) is 6.46. The molecule has 0 aliphatic heterocycles. The fourth-order valence-electron chi connectivity index (χ4n) is 4.63. The number of benzene rings is 1. The van der Waals surface area contributed by atoms with Crippen LogP contribution in [0.3, 0.4) is 0 Å². The monoisotopic (exact) mass is 509 g/mol. The first kappa shape index (κ1) is 32.6. The molecule has 210 valence electrons. The maximum Gasteiger partial charge on any atom is 0.115 e. The number of nitrogens with zero attached hydrogens (tertiary/aromatic N) is 1. The first-order valence-corrected chi connectivity index (χ1v) is 13.4. The van der Waals surface area contributed by atoms with E-state index < -0.39 is 11.6 Å². The predicted molar refractivity (Wildman–Crippen MR) is 152 cm³/mol. The molecule has 0 bridgehead atoms. The summed E-state index contributed by atoms with van der Waals surface area (Å²) in [5.41, 5.74) is 64.5. The molecule has 0 aliphatic rings. The van der Waals surface area contributed by atoms with Crippen LogP contribution in [0, 0.1) is 0 Å². The average Bonchev–Trinajstić information content (AvgIpc) is 2.76. The number of anilines is 1. The Morgan fingerprint density at radius 1 is 0.750 bits per heavy atom. The number of aryl methyl sites for hydroxylation is 1. The zero-order valence-electron chi connectivity index (χ0n) is 22.4. The summed E-state index contributed by atoms with van der Waals surface area (Å²) in [5.74, 6) is -2.53. The maximum atomic E-state index is 6.73. The Kier molecular flexibility index (Phi) is 14.3. The molecule has 0 radical (unpaired) electrons. The molecule has 0 saturated heterocycles. The Hall–Kier alpha value is -1.38. The van der Waals surface area contributed by atoms with E-state index in [9.17, 15) is 0 Å². The maximum absolute atomic E-state index is 6.73. The van der Waals surface area contributed by atoms with Crippen LogP contribution in [0.4, 0.5) is 5.69 Å². The highest BCUT2D eigenvalue weighted by Gasteiger charge is 2.24. The van der Waals surface area contributed by atoms with Gasteiger partial charge in [-0.2, -0.15) is 0 Å². The third-order valence-electron chi connectivity index (χ3n) is 6.46. The Morgan fingerprint density at radius 2 is 1.39 bits per heavy atom. The van der Waals surface area contributed by atoms with Crippen molar-refractivity contribution in [3.63, 3.8) is 0 Å². The second kappa shape index (κ2) is 15.8. The van der Waals surface area contributed by atoms with Gasteiger partial charge in [-0.25, -0.2) is 0 Å². The zero-order valence-corrected chi connectivity index (χ0v) is 22.4. The van der Waals surface area contributed by atoms with E-state index in [-0.39, 0.29) is 12.3 Å². The van der Waals surface area contributed by atoms with E-state index in [0.29, 0.717) is 38.8 Å². The van der Waals surface area contributed by atoms with E-state index in [4.69, 9.17) is 57.3 Å². The molecule has 0 fully saturated rings. The van der Waals surface area contributed by atoms with Gasteiger partial charge in [0.1, 0.15) is 11.6 Å². The first-order valence-electron chi connectivity index (χ1n) is 13.4. The molecule has 1 rings (SSSR count). The molecule has 11 heteroatoms. The molecular weight excluding hydrogens is 454 g/mol. The van der Waals surface area contributed by atoms with Crippen LogP contribution in [0.5, 0.6) is 0 Å². The lowest BCUT2D eigenvalue weighted by Gasteiger charge is -2.36. The van der Waals surface area contributed by atoms with Crippen molar-refractivity contribution in [2.45, 2.75) is 108 Å². The van der Waals surface area contributed by atoms with Crippen molar-refractivity contribution in [1.29, 1.82) is 0 Å². The molecule has 1 aromatic carbocycles. The second-order valence-corrected chi connectivity index (χ2v) is 10.4. The van der Waals surface area contributed by atoms with E-state index in [2.05, 4.69) is 24.0 Å². The normalized spacial score (nSPS) is 13.4. The summed E-state index contributed by atoms with van der Waals surface area (Å²) in [4.78, 5) is 2.19. The molecular formula is C25H55N11. The summed E-state index contributed by atoms with van der Waals surface area (Å²) in [6.45, 7) is 3.50. The van der Waals surface area contributed by atoms with Crippen LogP contribution in [-0.4, -0.2) is 37.0 Å². The largest absolute Gasteiger partial charge is 0.356 e. The van der Waals surface area contributed by atoms with Gasteiger partial charge in [0, 0.05) is 12.2 Å². The van der Waals surface area contributed by atoms with Gasteiger partial charge in [-0.05, 0) is 99.9 Å². The Labute approximate surface area is 218 Å². The molecule has 0 amide bonds. The summed E-state index contributed by atoms with van der Waals surface area (Å²) < 4.78 is 0. The van der Waals surface area contributed by atoms with Crippen LogP contribution < -0.4 is 62.2 Å². The zero-order chi connectivity index (χ0) is 27.4. The van der Waals surface area contributed by atoms with Crippen LogP contribution >= 0.6 is 0 Å². The molecule has 11 nitrogen and oxygen atoms in total. The first-order chi connectivity index (χ1) is 16.8. The van der Waals surface area contributed by atoms with Crippen LogP contribution in [0.1, 0.15) is 81.4 Å². The summed E-state index contributed by atoms with van der Waals surface area (Å²) in [6, 6.07) is 4.41. The van der Waals surface area contributed by atoms with Gasteiger partial charge in [0.15, 0.2) is 0 Å². The Morgan fingerprint density at radius 3 is 1.94 bits per heavy atom. The van der Waals surface area contributed by atoms with Gasteiger partial charge < -0.3 is 62.2 Å². The SMILES string of the molecule is CCCc1ccc(N(CCCC(N)(N)N)C(N)CCC(N)(N)N)c(CCCC(N)N)c1CCCCN. The summed E-state index contributed by atoms with van der Waals surface area (Å²) >= 11 is 0. The summed E-state index contributed by atoms with van der Waals surface area (Å²) in [7, 11) is 0. The molecule has 0 aromatic heterocycles. The van der Waals surface area contributed by atoms with Crippen molar-refractivity contribution >= 4 is 5.69 Å². The average molecular weight is 510 g/mol. The lowest BCUT2D eigenvalue weighted by atomic mass is 9.89. The third kappa shape index (κ3) is 12.7. The minimum Gasteiger partial charge on any atom is -0.356 e. The topological polar surface area (TPSA) is 263 Å². The molecule has 36 heavy (non-hydrogen) atoms. The number of nitrogens with two attached hydrogens (primary N) is 10. The Bertz CT molecular complexity index is 741. The van der Waals surface area contributed by atoms with E-state index >= 15 is 0 Å². The Balaban J connectivity index is 3.48. The molecule has 1 unspecified atom stereocenters. The molecule has 0 saturated carbocycles. The van der Waals surface area contributed by atoms with Gasteiger partial charge in [-0.1, -0.05) is 19.4 Å². The smallest absolute Gasteiger partial charge is 0.115 e. The minimum absolute atomic E-state index is 0.343. The molecule has 1 atom stereocenters. The van der Waals surface area contributed by atoms with Crippen molar-refractivity contribution in [3.8, 4) is 0 Å². The molecule has 0 aliphatic carbocycles. The second-order valence-electron chi connectivity index (χ2n) is 10.4. The van der Waals surface area contributed by atoms with E-state index in [1.54, 1.807) is 0 Å². The highest BCUT2D eigenvalue weighted by Crippen LogP contribution is 2.32. The minimum atomic E-state index is -1.29. The van der Waals surface area contributed by atoms with Crippen molar-refractivity contribution in [2.24, 2.45) is 57.3 Å². The highest BCUT2D eigenvalue weighted by molar-refractivity contribution is 5.60. The van der Waals surface area contributed by atoms with Crippen molar-refractivity contribution in [3.05, 3.63) is 28.8 Å². The van der Waals surface area contributed by atoms with Gasteiger partial charge in [0.2, 0.25) is 0 Å². The van der Waals surface area contributed by atoms with Crippen LogP contribution in [0.25, 0.3) is 0 Å². The lowest BCUT2D eigenvalue weighted by molar-refractivity contribution is 0.376. The van der Waals surface area contributed by atoms with Crippen molar-refractivity contribution in [1.82, 2.24) is 0 Å². The standard InChI is InChI=1S/C25H55N11/c1-2-7-18-11-12-21(20(9-5-10-22(27)28)19(18)8-3-4-16-26)36(17-6-14-24(30,31)32)23(29)13-15-25(33,34)35/h11-12,22-23H,2-10,13-17,26-35H2,1H3. The number of hydrogen-bond acceptors (Lipinski definition) is 11. The summed E-state index contributed by atoms with van der Waals surface area (Å²) in [5, 5.41) is 0. The molecule has 0 heterocycles. The quantitative estimate of drug-likeness (QED) is 0.0814. The van der Waals surface area contributed by atoms with Gasteiger partial charge in [0.05, 0.1) is 12.3 Å². The van der Waals surface area contributed by atoms with Crippen molar-refractivity contribution in [2.75, 3.05) is 18.0 Å². The fourth-order valence-corrected chi connectivity index (χ4v) is 4.63. The molecule has 1 aromatic rings. The van der Waals surface area contributed by atoms with Gasteiger partial charge >= 0.3 is 0 Å². The van der Waals surface area contributed by atoms with Gasteiger partial charge in [0.25, 0.3) is 0 Å².